The molecule has 11 nitrogen and oxygen atoms in total. The molecule has 2 atom stereocenters. The van der Waals surface area contributed by atoms with Gasteiger partial charge in [0.15, 0.2) is 11.5 Å². The summed E-state index contributed by atoms with van der Waals surface area (Å²) in [5.41, 5.74) is 0.711. The molecule has 1 heterocycles. The Hall–Kier alpha value is -1.07. The number of thiol groups is 1. The molecule has 14 heteroatoms. The first-order valence-electron chi connectivity index (χ1n) is 12.1. The van der Waals surface area contributed by atoms with Crippen LogP contribution in [0.25, 0.3) is 0 Å². The van der Waals surface area contributed by atoms with Gasteiger partial charge in [-0.3, -0.25) is 0 Å². The van der Waals surface area contributed by atoms with Crippen molar-refractivity contribution < 1.29 is 93.2 Å². The second kappa shape index (κ2) is 16.4. The predicted octanol–water partition coefficient (Wildman–Crippen LogP) is -1.40. The average molecular weight is 609 g/mol. The van der Waals surface area contributed by atoms with E-state index in [1.165, 1.54) is 18.2 Å². The van der Waals surface area contributed by atoms with Crippen LogP contribution in [0, 0.1) is 5.92 Å². The maximum atomic E-state index is 13.5. The topological polar surface area (TPSA) is 147 Å². The summed E-state index contributed by atoms with van der Waals surface area (Å²) in [6.07, 6.45) is -2.18. The monoisotopic (exact) mass is 608 g/mol. The number of ether oxygens (including phenoxy) is 3. The number of amides is 1. The van der Waals surface area contributed by atoms with Crippen LogP contribution in [0.3, 0.4) is 0 Å². The second-order valence-corrected chi connectivity index (χ2v) is 11.4. The SMILES string of the molecule is CC(C)CN(C[C@H](O)[C@H](Cc1ccc(OCCCOS)cc1)NC(=O)[O-])S(=O)(=O)c1ccc2c(c1)OCO2.[K+]. The molecule has 1 aliphatic rings. The standard InChI is InChI=1S/C25H34N2O9S2.K/c1-17(2)14-27(38(31,32)20-8-9-23-24(13-20)35-16-34-23)15-22(28)21(26-25(29)30)12-18-4-6-19(7-5-18)33-10-3-11-36-37;/h4-9,13,17,21-22,26,28,37H,3,10-12,14-16H2,1-2H3,(H,29,30);/q;+1/p-1/t21-,22-;/m0./s1. The summed E-state index contributed by atoms with van der Waals surface area (Å²) in [6.45, 7) is 4.36. The van der Waals surface area contributed by atoms with Gasteiger partial charge >= 0.3 is 51.4 Å². The zero-order valence-corrected chi connectivity index (χ0v) is 27.1. The number of nitrogens with zero attached hydrogens (tertiary/aromatic N) is 1. The van der Waals surface area contributed by atoms with Gasteiger partial charge < -0.3 is 38.7 Å². The molecule has 0 saturated carbocycles. The molecule has 2 aromatic rings. The van der Waals surface area contributed by atoms with Gasteiger partial charge in [0.2, 0.25) is 16.8 Å². The van der Waals surface area contributed by atoms with Crippen LogP contribution >= 0.6 is 12.9 Å². The third-order valence-corrected chi connectivity index (χ3v) is 7.75. The first kappa shape index (κ1) is 34.1. The summed E-state index contributed by atoms with van der Waals surface area (Å²) < 4.78 is 49.0. The molecular weight excluding hydrogens is 576 g/mol. The number of hydrogen-bond donors (Lipinski definition) is 3. The van der Waals surface area contributed by atoms with E-state index in [1.807, 2.05) is 13.8 Å². The quantitative estimate of drug-likeness (QED) is 0.0962. The minimum absolute atomic E-state index is 0. The van der Waals surface area contributed by atoms with Crippen LogP contribution in [0.5, 0.6) is 17.2 Å². The number of aliphatic hydroxyl groups is 1. The van der Waals surface area contributed by atoms with E-state index in [-0.39, 0.29) is 88.5 Å². The molecule has 3 rings (SSSR count). The van der Waals surface area contributed by atoms with Gasteiger partial charge in [0.05, 0.1) is 30.3 Å². The summed E-state index contributed by atoms with van der Waals surface area (Å²) in [5.74, 6) is 1.32. The second-order valence-electron chi connectivity index (χ2n) is 9.22. The molecule has 0 radical (unpaired) electrons. The molecule has 2 aromatic carbocycles. The van der Waals surface area contributed by atoms with Crippen molar-refractivity contribution in [2.24, 2.45) is 5.92 Å². The smallest absolute Gasteiger partial charge is 0.530 e. The van der Waals surface area contributed by atoms with Crippen LogP contribution in [0.1, 0.15) is 25.8 Å². The molecular formula is C25H33KN2O9S2. The molecule has 1 aliphatic heterocycles. The van der Waals surface area contributed by atoms with E-state index in [2.05, 4.69) is 22.4 Å². The number of hydrogen-bond acceptors (Lipinski definition) is 10. The number of sulfonamides is 1. The zero-order chi connectivity index (χ0) is 27.7. The van der Waals surface area contributed by atoms with Crippen LogP contribution in [-0.2, 0) is 20.6 Å². The molecule has 1 amide bonds. The van der Waals surface area contributed by atoms with Gasteiger partial charge in [-0.2, -0.15) is 4.31 Å². The fraction of sp³-hybridized carbons (Fsp3) is 0.480. The predicted molar refractivity (Wildman–Crippen MR) is 140 cm³/mol. The molecule has 2 N–H and O–H groups in total. The van der Waals surface area contributed by atoms with E-state index in [1.54, 1.807) is 24.3 Å². The summed E-state index contributed by atoms with van der Waals surface area (Å²) >= 11 is 3.68. The summed E-state index contributed by atoms with van der Waals surface area (Å²) in [4.78, 5) is 11.4. The minimum atomic E-state index is -4.05. The van der Waals surface area contributed by atoms with Gasteiger partial charge in [0, 0.05) is 25.6 Å². The van der Waals surface area contributed by atoms with Crippen LogP contribution < -0.4 is 76.0 Å². The Bertz CT molecular complexity index is 1170. The van der Waals surface area contributed by atoms with E-state index in [9.17, 15) is 23.4 Å². The van der Waals surface area contributed by atoms with E-state index < -0.39 is 28.3 Å². The third-order valence-electron chi connectivity index (χ3n) is 5.74. The first-order chi connectivity index (χ1) is 18.1. The first-order valence-corrected chi connectivity index (χ1v) is 13.9. The Kier molecular flexibility index (Phi) is 14.3. The van der Waals surface area contributed by atoms with Crippen LogP contribution in [0.4, 0.5) is 4.79 Å². The van der Waals surface area contributed by atoms with Crippen LogP contribution in [-0.4, -0.2) is 69.2 Å². The third kappa shape index (κ3) is 10.4. The van der Waals surface area contributed by atoms with Crippen molar-refractivity contribution in [3.8, 4) is 17.2 Å². The summed E-state index contributed by atoms with van der Waals surface area (Å²) in [6, 6.07) is 10.2. The largest absolute Gasteiger partial charge is 1.00 e. The maximum Gasteiger partial charge on any atom is 1.00 e. The van der Waals surface area contributed by atoms with E-state index >= 15 is 0 Å². The molecule has 0 bridgehead atoms. The number of fused-ring (bicyclic) bond motifs is 1. The molecule has 0 unspecified atom stereocenters. The Labute approximate surface area is 277 Å². The van der Waals surface area contributed by atoms with Crippen molar-refractivity contribution in [2.45, 2.75) is 43.7 Å². The number of rotatable bonds is 15. The minimum Gasteiger partial charge on any atom is -0.530 e. The average Bonchev–Trinajstić information content (AvgIpc) is 3.34. The van der Waals surface area contributed by atoms with Gasteiger partial charge in [-0.1, -0.05) is 26.0 Å². The van der Waals surface area contributed by atoms with Crippen molar-refractivity contribution >= 4 is 29.0 Å². The van der Waals surface area contributed by atoms with Crippen LogP contribution in [0.2, 0.25) is 0 Å². The van der Waals surface area contributed by atoms with E-state index in [0.717, 1.165) is 4.31 Å². The van der Waals surface area contributed by atoms with Crippen molar-refractivity contribution in [1.29, 1.82) is 0 Å². The Morgan fingerprint density at radius 3 is 2.46 bits per heavy atom. The normalized spacial score (nSPS) is 14.1. The molecule has 0 fully saturated rings. The van der Waals surface area contributed by atoms with Gasteiger partial charge in [-0.25, -0.2) is 8.42 Å². The van der Waals surface area contributed by atoms with Gasteiger partial charge in [0.1, 0.15) is 11.8 Å². The zero-order valence-electron chi connectivity index (χ0n) is 22.2. The molecule has 210 valence electrons. The number of carboxylic acid groups (broad SMARTS) is 1. The maximum absolute atomic E-state index is 13.5. The summed E-state index contributed by atoms with van der Waals surface area (Å²) in [7, 11) is -4.05. The summed E-state index contributed by atoms with van der Waals surface area (Å²) in [5, 5.41) is 24.7. The molecule has 0 aliphatic carbocycles. The molecule has 0 spiro atoms. The Morgan fingerprint density at radius 2 is 1.82 bits per heavy atom. The Balaban J connectivity index is 0.00000533. The number of carbonyl (C=O) groups excluding carboxylic acids is 1. The van der Waals surface area contributed by atoms with Crippen molar-refractivity contribution in [3.63, 3.8) is 0 Å². The van der Waals surface area contributed by atoms with E-state index in [0.29, 0.717) is 42.4 Å². The van der Waals surface area contributed by atoms with Gasteiger partial charge in [0.25, 0.3) is 0 Å². The van der Waals surface area contributed by atoms with Crippen molar-refractivity contribution in [3.05, 3.63) is 48.0 Å². The molecule has 0 aromatic heterocycles. The number of aliphatic hydroxyl groups excluding tert-OH is 1. The molecule has 39 heavy (non-hydrogen) atoms. The fourth-order valence-electron chi connectivity index (χ4n) is 3.92. The van der Waals surface area contributed by atoms with Gasteiger partial charge in [-0.05, 0) is 55.1 Å². The van der Waals surface area contributed by atoms with Crippen molar-refractivity contribution in [1.82, 2.24) is 9.62 Å². The van der Waals surface area contributed by atoms with Crippen LogP contribution in [0.15, 0.2) is 47.4 Å². The Morgan fingerprint density at radius 1 is 1.13 bits per heavy atom. The van der Waals surface area contributed by atoms with Crippen molar-refractivity contribution in [2.75, 3.05) is 33.1 Å². The van der Waals surface area contributed by atoms with Gasteiger partial charge in [-0.15, -0.1) is 0 Å². The van der Waals surface area contributed by atoms with E-state index in [4.69, 9.17) is 14.2 Å². The number of carbonyl (C=O) groups is 1. The number of benzene rings is 2. The molecule has 0 saturated heterocycles. The fourth-order valence-corrected chi connectivity index (χ4v) is 5.69. The number of nitrogens with one attached hydrogen (secondary N) is 1.